The van der Waals surface area contributed by atoms with Crippen molar-refractivity contribution in [2.75, 3.05) is 11.9 Å². The van der Waals surface area contributed by atoms with E-state index in [0.29, 0.717) is 6.54 Å². The van der Waals surface area contributed by atoms with Gasteiger partial charge in [0.25, 0.3) is 0 Å². The van der Waals surface area contributed by atoms with Crippen molar-refractivity contribution < 1.29 is 14.7 Å². The molecule has 0 bridgehead atoms. The van der Waals surface area contributed by atoms with Crippen LogP contribution in [0.25, 0.3) is 11.3 Å². The molecule has 0 unspecified atom stereocenters. The second kappa shape index (κ2) is 8.46. The molecule has 27 heavy (non-hydrogen) atoms. The number of hydrogen-bond donors (Lipinski definition) is 2. The second-order valence-corrected chi connectivity index (χ2v) is 6.82. The SMILES string of the molecule is CC(=O)NCCc1ccc(-c2csc(Nc3ccc(C(=O)[O-])cc3)n2)cc1. The van der Waals surface area contributed by atoms with Crippen molar-refractivity contribution in [2.24, 2.45) is 0 Å². The van der Waals surface area contributed by atoms with Gasteiger partial charge in [0.15, 0.2) is 5.13 Å². The Labute approximate surface area is 160 Å². The van der Waals surface area contributed by atoms with Gasteiger partial charge in [-0.15, -0.1) is 11.3 Å². The highest BCUT2D eigenvalue weighted by Crippen LogP contribution is 2.27. The molecule has 0 fully saturated rings. The van der Waals surface area contributed by atoms with E-state index in [0.717, 1.165) is 34.1 Å². The Morgan fingerprint density at radius 1 is 1.07 bits per heavy atom. The largest absolute Gasteiger partial charge is 0.545 e. The molecule has 0 aliphatic rings. The maximum absolute atomic E-state index is 10.9. The fraction of sp³-hybridized carbons (Fsp3) is 0.150. The van der Waals surface area contributed by atoms with E-state index in [4.69, 9.17) is 0 Å². The van der Waals surface area contributed by atoms with Crippen LogP contribution in [0.15, 0.2) is 53.9 Å². The molecule has 1 heterocycles. The summed E-state index contributed by atoms with van der Waals surface area (Å²) in [5.74, 6) is -1.22. The third-order valence-corrected chi connectivity index (χ3v) is 4.67. The molecule has 1 amide bonds. The van der Waals surface area contributed by atoms with Crippen LogP contribution in [-0.2, 0) is 11.2 Å². The van der Waals surface area contributed by atoms with Crippen LogP contribution in [0.1, 0.15) is 22.8 Å². The molecule has 2 N–H and O–H groups in total. The number of amides is 1. The maximum atomic E-state index is 10.9. The quantitative estimate of drug-likeness (QED) is 0.657. The molecule has 7 heteroatoms. The number of carboxylic acids is 1. The first-order valence-electron chi connectivity index (χ1n) is 8.39. The molecule has 0 aliphatic carbocycles. The van der Waals surface area contributed by atoms with Crippen molar-refractivity contribution >= 4 is 34.0 Å². The predicted molar refractivity (Wildman–Crippen MR) is 104 cm³/mol. The monoisotopic (exact) mass is 380 g/mol. The van der Waals surface area contributed by atoms with E-state index in [-0.39, 0.29) is 11.5 Å². The Morgan fingerprint density at radius 2 is 1.78 bits per heavy atom. The molecule has 0 saturated carbocycles. The normalized spacial score (nSPS) is 10.4. The molecule has 0 saturated heterocycles. The number of nitrogens with one attached hydrogen (secondary N) is 2. The number of aromatic carboxylic acids is 1. The minimum Gasteiger partial charge on any atom is -0.545 e. The van der Waals surface area contributed by atoms with Crippen LogP contribution in [0, 0.1) is 0 Å². The molecule has 0 aliphatic heterocycles. The van der Waals surface area contributed by atoms with E-state index in [1.54, 1.807) is 12.1 Å². The lowest BCUT2D eigenvalue weighted by Gasteiger charge is -2.05. The summed E-state index contributed by atoms with van der Waals surface area (Å²) >= 11 is 1.47. The fourth-order valence-corrected chi connectivity index (χ4v) is 3.24. The molecule has 1 aromatic heterocycles. The van der Waals surface area contributed by atoms with E-state index in [9.17, 15) is 14.7 Å². The summed E-state index contributed by atoms with van der Waals surface area (Å²) in [4.78, 5) is 26.3. The fourth-order valence-electron chi connectivity index (χ4n) is 2.50. The van der Waals surface area contributed by atoms with Gasteiger partial charge in [-0.05, 0) is 29.7 Å². The molecular formula is C20H18N3O3S-. The van der Waals surface area contributed by atoms with Crippen molar-refractivity contribution in [3.63, 3.8) is 0 Å². The zero-order chi connectivity index (χ0) is 19.2. The first-order chi connectivity index (χ1) is 13.0. The first kappa shape index (κ1) is 18.6. The summed E-state index contributed by atoms with van der Waals surface area (Å²) in [7, 11) is 0. The lowest BCUT2D eigenvalue weighted by molar-refractivity contribution is -0.255. The molecule has 0 radical (unpaired) electrons. The summed E-state index contributed by atoms with van der Waals surface area (Å²) < 4.78 is 0. The smallest absolute Gasteiger partial charge is 0.216 e. The number of carbonyl (C=O) groups is 2. The van der Waals surface area contributed by atoms with E-state index < -0.39 is 5.97 Å². The maximum Gasteiger partial charge on any atom is 0.216 e. The third kappa shape index (κ3) is 5.15. The van der Waals surface area contributed by atoms with Crippen molar-refractivity contribution in [3.8, 4) is 11.3 Å². The number of rotatable bonds is 7. The zero-order valence-electron chi connectivity index (χ0n) is 14.7. The highest BCUT2D eigenvalue weighted by molar-refractivity contribution is 7.14. The molecule has 0 spiro atoms. The van der Waals surface area contributed by atoms with Gasteiger partial charge in [0.1, 0.15) is 0 Å². The Kier molecular flexibility index (Phi) is 5.83. The number of carboxylic acid groups (broad SMARTS) is 1. The molecule has 3 aromatic rings. The van der Waals surface area contributed by atoms with Crippen molar-refractivity contribution in [1.82, 2.24) is 10.3 Å². The van der Waals surface area contributed by atoms with Gasteiger partial charge in [-0.25, -0.2) is 4.98 Å². The van der Waals surface area contributed by atoms with Gasteiger partial charge < -0.3 is 20.5 Å². The second-order valence-electron chi connectivity index (χ2n) is 5.96. The van der Waals surface area contributed by atoms with E-state index in [1.807, 2.05) is 29.6 Å². The lowest BCUT2D eigenvalue weighted by Crippen LogP contribution is -2.22. The Morgan fingerprint density at radius 3 is 2.41 bits per heavy atom. The zero-order valence-corrected chi connectivity index (χ0v) is 15.5. The van der Waals surface area contributed by atoms with Gasteiger partial charge in [0, 0.05) is 30.1 Å². The van der Waals surface area contributed by atoms with Gasteiger partial charge >= 0.3 is 0 Å². The van der Waals surface area contributed by atoms with Crippen LogP contribution in [0.3, 0.4) is 0 Å². The van der Waals surface area contributed by atoms with Gasteiger partial charge in [-0.2, -0.15) is 0 Å². The first-order valence-corrected chi connectivity index (χ1v) is 9.27. The van der Waals surface area contributed by atoms with Crippen molar-refractivity contribution in [1.29, 1.82) is 0 Å². The minimum atomic E-state index is -1.20. The Balaban J connectivity index is 1.63. The summed E-state index contributed by atoms with van der Waals surface area (Å²) in [6, 6.07) is 14.4. The summed E-state index contributed by atoms with van der Waals surface area (Å²) in [5, 5.41) is 19.4. The van der Waals surface area contributed by atoms with Crippen LogP contribution in [0.4, 0.5) is 10.8 Å². The number of carbonyl (C=O) groups excluding carboxylic acids is 2. The number of aromatic nitrogens is 1. The average Bonchev–Trinajstić information content (AvgIpc) is 3.11. The van der Waals surface area contributed by atoms with Crippen LogP contribution in [-0.4, -0.2) is 23.4 Å². The highest BCUT2D eigenvalue weighted by Gasteiger charge is 2.06. The van der Waals surface area contributed by atoms with E-state index in [1.165, 1.54) is 30.4 Å². The molecule has 138 valence electrons. The Hall–Kier alpha value is -3.19. The number of nitrogens with zero attached hydrogens (tertiary/aromatic N) is 1. The van der Waals surface area contributed by atoms with Crippen molar-refractivity contribution in [2.45, 2.75) is 13.3 Å². The molecule has 6 nitrogen and oxygen atoms in total. The highest BCUT2D eigenvalue weighted by atomic mass is 32.1. The number of hydrogen-bond acceptors (Lipinski definition) is 6. The predicted octanol–water partition coefficient (Wildman–Crippen LogP) is 2.60. The van der Waals surface area contributed by atoms with Crippen molar-refractivity contribution in [3.05, 3.63) is 65.0 Å². The van der Waals surface area contributed by atoms with Crippen LogP contribution in [0.2, 0.25) is 0 Å². The standard InChI is InChI=1S/C20H19N3O3S/c1-13(24)21-11-10-14-2-4-15(5-3-14)18-12-27-20(23-18)22-17-8-6-16(7-9-17)19(25)26/h2-9,12H,10-11H2,1H3,(H,21,24)(H,22,23)(H,25,26)/p-1. The summed E-state index contributed by atoms with van der Waals surface area (Å²) in [6.45, 7) is 2.13. The number of benzene rings is 2. The molecule has 2 aromatic carbocycles. The summed E-state index contributed by atoms with van der Waals surface area (Å²) in [5.41, 5.74) is 3.92. The molecule has 3 rings (SSSR count). The number of thiazole rings is 1. The molecular weight excluding hydrogens is 362 g/mol. The van der Waals surface area contributed by atoms with E-state index in [2.05, 4.69) is 15.6 Å². The van der Waals surface area contributed by atoms with E-state index >= 15 is 0 Å². The van der Waals surface area contributed by atoms with Crippen LogP contribution in [0.5, 0.6) is 0 Å². The average molecular weight is 380 g/mol. The topological polar surface area (TPSA) is 94.2 Å². The molecule has 0 atom stereocenters. The van der Waals surface area contributed by atoms with Gasteiger partial charge in [-0.3, -0.25) is 4.79 Å². The van der Waals surface area contributed by atoms with Gasteiger partial charge in [-0.1, -0.05) is 36.4 Å². The lowest BCUT2D eigenvalue weighted by atomic mass is 10.1. The summed E-state index contributed by atoms with van der Waals surface area (Å²) in [6.07, 6.45) is 0.783. The minimum absolute atomic E-state index is 0.0246. The van der Waals surface area contributed by atoms with Crippen LogP contribution >= 0.6 is 11.3 Å². The Bertz CT molecular complexity index is 934. The number of anilines is 2. The third-order valence-electron chi connectivity index (χ3n) is 3.91. The van der Waals surface area contributed by atoms with Crippen LogP contribution < -0.4 is 15.7 Å². The van der Waals surface area contributed by atoms with Gasteiger partial charge in [0.05, 0.1) is 11.7 Å². The van der Waals surface area contributed by atoms with Gasteiger partial charge in [0.2, 0.25) is 5.91 Å².